The van der Waals surface area contributed by atoms with E-state index in [9.17, 15) is 88.2 Å². The van der Waals surface area contributed by atoms with Gasteiger partial charge in [0.25, 0.3) is 0 Å². The first-order valence-corrected chi connectivity index (χ1v) is 7.35. The van der Waals surface area contributed by atoms with Gasteiger partial charge in [-0.05, 0) is 0 Å². The molecule has 21 heteroatoms. The summed E-state index contributed by atoms with van der Waals surface area (Å²) in [5, 5.41) is 0. The van der Waals surface area contributed by atoms with Crippen LogP contribution in [-0.4, -0.2) is 66.1 Å². The van der Waals surface area contributed by atoms with Crippen molar-refractivity contribution in [3.8, 4) is 0 Å². The Morgan fingerprint density at radius 1 is 0.559 bits per heavy atom. The minimum Gasteiger partial charge on any atom is -0.421 e. The number of rotatable bonds is 11. The number of alkyl halides is 19. The van der Waals surface area contributed by atoms with E-state index in [4.69, 9.17) is 0 Å². The van der Waals surface area contributed by atoms with Crippen molar-refractivity contribution in [3.63, 3.8) is 0 Å². The summed E-state index contributed by atoms with van der Waals surface area (Å²) in [6, 6.07) is 0. The Bertz CT molecular complexity index is 770. The van der Waals surface area contributed by atoms with Crippen LogP contribution < -0.4 is 0 Å². The molecule has 0 saturated heterocycles. The minimum atomic E-state index is -8.94. The molecule has 0 aromatic heterocycles. The van der Waals surface area contributed by atoms with Crippen LogP contribution in [-0.2, 0) is 9.53 Å². The van der Waals surface area contributed by atoms with Gasteiger partial charge in [-0.1, -0.05) is 6.58 Å². The van der Waals surface area contributed by atoms with Gasteiger partial charge in [0.2, 0.25) is 0 Å². The molecule has 0 spiro atoms. The molecular weight excluding hydrogens is 549 g/mol. The molecule has 0 radical (unpaired) electrons. The lowest BCUT2D eigenvalue weighted by Crippen LogP contribution is -2.75. The van der Waals surface area contributed by atoms with Crippen LogP contribution in [0.5, 0.6) is 0 Å². The first-order chi connectivity index (χ1) is 14.6. The second-order valence-corrected chi connectivity index (χ2v) is 5.95. The molecule has 1 unspecified atom stereocenters. The molecule has 0 aliphatic rings. The Labute approximate surface area is 173 Å². The van der Waals surface area contributed by atoms with Crippen molar-refractivity contribution in [1.29, 1.82) is 0 Å². The number of hydrogen-bond donors (Lipinski definition) is 0. The van der Waals surface area contributed by atoms with E-state index >= 15 is 0 Å². The molecule has 34 heavy (non-hydrogen) atoms. The molecule has 202 valence electrons. The Balaban J connectivity index is 6.82. The van der Waals surface area contributed by atoms with Crippen molar-refractivity contribution in [2.45, 2.75) is 60.2 Å². The van der Waals surface area contributed by atoms with Gasteiger partial charge in [-0.2, -0.15) is 74.6 Å². The maximum absolute atomic E-state index is 13.4. The van der Waals surface area contributed by atoms with Gasteiger partial charge in [0.1, 0.15) is 0 Å². The molecule has 2 nitrogen and oxygen atoms in total. The Morgan fingerprint density at radius 3 is 1.09 bits per heavy atom. The monoisotopic (exact) mass is 554 g/mol. The molecule has 0 rings (SSSR count). The second kappa shape index (κ2) is 8.52. The quantitative estimate of drug-likeness (QED) is 0.169. The van der Waals surface area contributed by atoms with Crippen LogP contribution in [0.25, 0.3) is 0 Å². The average Bonchev–Trinajstić information content (AvgIpc) is 2.66. The van der Waals surface area contributed by atoms with Gasteiger partial charge < -0.3 is 4.74 Å². The molecule has 0 amide bonds. The van der Waals surface area contributed by atoms with Gasteiger partial charge >= 0.3 is 66.1 Å². The number of carbonyl (C=O) groups is 1. The van der Waals surface area contributed by atoms with Crippen LogP contribution in [0.15, 0.2) is 12.7 Å². The number of ether oxygens (including phenoxy) is 1. The summed E-state index contributed by atoms with van der Waals surface area (Å²) < 4.78 is 251. The third kappa shape index (κ3) is 4.01. The van der Waals surface area contributed by atoms with E-state index in [2.05, 4.69) is 11.3 Å². The molecule has 0 bridgehead atoms. The third-order valence-electron chi connectivity index (χ3n) is 3.75. The molecule has 0 aromatic carbocycles. The average molecular weight is 554 g/mol. The largest absolute Gasteiger partial charge is 0.421 e. The number of esters is 1. The van der Waals surface area contributed by atoms with Crippen LogP contribution in [0.1, 0.15) is 0 Å². The highest BCUT2D eigenvalue weighted by Crippen LogP contribution is 2.64. The number of hydrogen-bond acceptors (Lipinski definition) is 2. The van der Waals surface area contributed by atoms with E-state index < -0.39 is 66.1 Å². The lowest BCUT2D eigenvalue weighted by atomic mass is 9.87. The fraction of sp³-hybridized carbons (Fsp3) is 0.769. The van der Waals surface area contributed by atoms with E-state index in [1.54, 1.807) is 0 Å². The van der Waals surface area contributed by atoms with Gasteiger partial charge in [-0.3, -0.25) is 0 Å². The molecule has 0 aliphatic carbocycles. The Morgan fingerprint density at radius 2 is 0.824 bits per heavy atom. The third-order valence-corrected chi connectivity index (χ3v) is 3.75. The summed E-state index contributed by atoms with van der Waals surface area (Å²) in [5.74, 6) is -69.9. The summed E-state index contributed by atoms with van der Waals surface area (Å²) in [4.78, 5) is 10.5. The fourth-order valence-corrected chi connectivity index (χ4v) is 1.71. The van der Waals surface area contributed by atoms with Crippen LogP contribution in [0.4, 0.5) is 83.4 Å². The zero-order valence-electron chi connectivity index (χ0n) is 14.9. The first-order valence-electron chi connectivity index (χ1n) is 7.35. The van der Waals surface area contributed by atoms with Gasteiger partial charge in [0.05, 0.1) is 0 Å². The Kier molecular flexibility index (Phi) is 7.99. The Hall–Kier alpha value is -2.12. The zero-order chi connectivity index (χ0) is 28.1. The van der Waals surface area contributed by atoms with Gasteiger partial charge in [-0.25, -0.2) is 13.6 Å². The highest BCUT2D eigenvalue weighted by atomic mass is 19.4. The molecule has 0 saturated carbocycles. The lowest BCUT2D eigenvalue weighted by molar-refractivity contribution is -0.462. The normalized spacial score (nSPS) is 16.5. The number of halogens is 19. The minimum absolute atomic E-state index is 0.326. The SMILES string of the molecule is C=CC(=O)OC(F)C(F)(F)C(F)(F)C(F)(F)C(F)(F)C(F)(F)C(F)(F)C(F)(F)C(F)(F)C(F)F. The van der Waals surface area contributed by atoms with Crippen molar-refractivity contribution in [2.24, 2.45) is 0 Å². The molecule has 0 heterocycles. The lowest BCUT2D eigenvalue weighted by Gasteiger charge is -2.43. The second-order valence-electron chi connectivity index (χ2n) is 5.95. The summed E-state index contributed by atoms with van der Waals surface area (Å²) >= 11 is 0. The highest BCUT2D eigenvalue weighted by molar-refractivity contribution is 5.81. The van der Waals surface area contributed by atoms with Gasteiger partial charge in [-0.15, -0.1) is 0 Å². The predicted octanol–water partition coefficient (Wildman–Crippen LogP) is 6.36. The van der Waals surface area contributed by atoms with Crippen LogP contribution in [0, 0.1) is 0 Å². The van der Waals surface area contributed by atoms with Crippen molar-refractivity contribution in [3.05, 3.63) is 12.7 Å². The van der Waals surface area contributed by atoms with E-state index in [0.29, 0.717) is 0 Å². The van der Waals surface area contributed by atoms with Crippen LogP contribution in [0.3, 0.4) is 0 Å². The van der Waals surface area contributed by atoms with Crippen molar-refractivity contribution >= 4 is 5.97 Å². The molecule has 1 atom stereocenters. The smallest absolute Gasteiger partial charge is 0.385 e. The first kappa shape index (κ1) is 31.9. The molecule has 0 fully saturated rings. The predicted molar refractivity (Wildman–Crippen MR) is 66.8 cm³/mol. The number of carbonyl (C=O) groups excluding carboxylic acids is 1. The summed E-state index contributed by atoms with van der Waals surface area (Å²) in [6.07, 6.45) is -11.8. The maximum atomic E-state index is 13.4. The fourth-order valence-electron chi connectivity index (χ4n) is 1.71. The zero-order valence-corrected chi connectivity index (χ0v) is 14.9. The molecule has 0 N–H and O–H groups in total. The van der Waals surface area contributed by atoms with E-state index in [-0.39, 0.29) is 6.08 Å². The van der Waals surface area contributed by atoms with E-state index in [1.165, 1.54) is 0 Å². The molecule has 0 aromatic rings. The molecule has 0 aliphatic heterocycles. The van der Waals surface area contributed by atoms with Crippen LogP contribution >= 0.6 is 0 Å². The van der Waals surface area contributed by atoms with Crippen molar-refractivity contribution in [2.75, 3.05) is 0 Å². The standard InChI is InChI=1S/C13H5F19O2/c1-2-3(33)34-5(16)7(19,20)9(23,24)11(27,28)13(31,32)12(29,30)10(25,26)8(21,22)6(17,18)4(14)15/h2,4-5H,1H2. The van der Waals surface area contributed by atoms with Crippen LogP contribution in [0.2, 0.25) is 0 Å². The van der Waals surface area contributed by atoms with E-state index in [1.807, 2.05) is 0 Å². The summed E-state index contributed by atoms with van der Waals surface area (Å²) in [6.45, 7) is 2.35. The molecular formula is C13H5F19O2. The van der Waals surface area contributed by atoms with Gasteiger partial charge in [0.15, 0.2) is 0 Å². The summed E-state index contributed by atoms with van der Waals surface area (Å²) in [5.41, 5.74) is 0. The topological polar surface area (TPSA) is 26.3 Å². The van der Waals surface area contributed by atoms with Crippen molar-refractivity contribution in [1.82, 2.24) is 0 Å². The van der Waals surface area contributed by atoms with Gasteiger partial charge in [0, 0.05) is 6.08 Å². The summed E-state index contributed by atoms with van der Waals surface area (Å²) in [7, 11) is 0. The van der Waals surface area contributed by atoms with Crippen molar-refractivity contribution < 1.29 is 92.9 Å². The highest BCUT2D eigenvalue weighted by Gasteiger charge is 2.96. The van der Waals surface area contributed by atoms with E-state index in [0.717, 1.165) is 0 Å². The maximum Gasteiger partial charge on any atom is 0.385 e.